The van der Waals surface area contributed by atoms with Crippen molar-refractivity contribution in [2.75, 3.05) is 25.6 Å². The largest absolute Gasteiger partial charge is 0.497 e. The standard InChI is InChI=1S/C20H25N3O5/c1-14(2)22-20(24)15-5-10-18(19(13-15)23(25)26)21-11-4-12-28-17-8-6-16(27-3)7-9-17/h5-10,13-14,21H,4,11-12H2,1-3H3,(H,22,24). The van der Waals surface area contributed by atoms with Crippen molar-refractivity contribution >= 4 is 17.3 Å². The van der Waals surface area contributed by atoms with E-state index in [1.807, 2.05) is 38.1 Å². The molecule has 0 heterocycles. The molecule has 8 heteroatoms. The van der Waals surface area contributed by atoms with Gasteiger partial charge in [0, 0.05) is 24.2 Å². The van der Waals surface area contributed by atoms with Gasteiger partial charge in [-0.05, 0) is 56.7 Å². The molecule has 0 radical (unpaired) electrons. The second-order valence-corrected chi connectivity index (χ2v) is 6.42. The Morgan fingerprint density at radius 3 is 2.43 bits per heavy atom. The van der Waals surface area contributed by atoms with Crippen LogP contribution in [0.4, 0.5) is 11.4 Å². The lowest BCUT2D eigenvalue weighted by Gasteiger charge is -2.11. The van der Waals surface area contributed by atoms with Gasteiger partial charge in [-0.2, -0.15) is 0 Å². The van der Waals surface area contributed by atoms with Gasteiger partial charge in [0.15, 0.2) is 0 Å². The number of rotatable bonds is 10. The Morgan fingerprint density at radius 2 is 1.82 bits per heavy atom. The molecule has 0 saturated carbocycles. The van der Waals surface area contributed by atoms with E-state index in [1.54, 1.807) is 19.2 Å². The fourth-order valence-corrected chi connectivity index (χ4v) is 2.48. The van der Waals surface area contributed by atoms with Crippen molar-refractivity contribution in [2.45, 2.75) is 26.3 Å². The predicted octanol–water partition coefficient (Wildman–Crippen LogP) is 3.62. The molecule has 2 aromatic carbocycles. The molecule has 0 aliphatic heterocycles. The zero-order chi connectivity index (χ0) is 20.5. The summed E-state index contributed by atoms with van der Waals surface area (Å²) in [5, 5.41) is 17.1. The number of nitro benzene ring substituents is 1. The number of anilines is 1. The van der Waals surface area contributed by atoms with E-state index in [-0.39, 0.29) is 23.2 Å². The lowest BCUT2D eigenvalue weighted by atomic mass is 10.1. The summed E-state index contributed by atoms with van der Waals surface area (Å²) in [4.78, 5) is 22.9. The van der Waals surface area contributed by atoms with E-state index in [0.29, 0.717) is 25.3 Å². The number of methoxy groups -OCH3 is 1. The van der Waals surface area contributed by atoms with E-state index >= 15 is 0 Å². The second kappa shape index (κ2) is 10.1. The lowest BCUT2D eigenvalue weighted by Crippen LogP contribution is -2.30. The number of nitrogens with one attached hydrogen (secondary N) is 2. The van der Waals surface area contributed by atoms with Crippen molar-refractivity contribution in [2.24, 2.45) is 0 Å². The summed E-state index contributed by atoms with van der Waals surface area (Å²) in [5.74, 6) is 1.15. The topological polar surface area (TPSA) is 103 Å². The van der Waals surface area contributed by atoms with Crippen LogP contribution in [0.15, 0.2) is 42.5 Å². The fourth-order valence-electron chi connectivity index (χ4n) is 2.48. The van der Waals surface area contributed by atoms with E-state index in [4.69, 9.17) is 9.47 Å². The molecule has 0 unspecified atom stereocenters. The number of hydrogen-bond acceptors (Lipinski definition) is 6. The first-order valence-electron chi connectivity index (χ1n) is 9.00. The molecule has 0 bridgehead atoms. The Labute approximate surface area is 164 Å². The average Bonchev–Trinajstić information content (AvgIpc) is 2.67. The number of nitro groups is 1. The summed E-state index contributed by atoms with van der Waals surface area (Å²) in [6, 6.07) is 11.6. The van der Waals surface area contributed by atoms with Crippen LogP contribution >= 0.6 is 0 Å². The number of nitrogens with zero attached hydrogens (tertiary/aromatic N) is 1. The van der Waals surface area contributed by atoms with E-state index in [0.717, 1.165) is 11.5 Å². The van der Waals surface area contributed by atoms with Crippen LogP contribution in [0.5, 0.6) is 11.5 Å². The van der Waals surface area contributed by atoms with Gasteiger partial charge in [-0.25, -0.2) is 0 Å². The minimum absolute atomic E-state index is 0.0462. The fraction of sp³-hybridized carbons (Fsp3) is 0.350. The zero-order valence-electron chi connectivity index (χ0n) is 16.2. The molecule has 150 valence electrons. The van der Waals surface area contributed by atoms with Gasteiger partial charge in [-0.15, -0.1) is 0 Å². The lowest BCUT2D eigenvalue weighted by molar-refractivity contribution is -0.384. The molecule has 0 saturated heterocycles. The molecule has 28 heavy (non-hydrogen) atoms. The van der Waals surface area contributed by atoms with Crippen LogP contribution in [-0.4, -0.2) is 37.1 Å². The summed E-state index contributed by atoms with van der Waals surface area (Å²) >= 11 is 0. The van der Waals surface area contributed by atoms with E-state index in [2.05, 4.69) is 10.6 Å². The number of carbonyl (C=O) groups is 1. The van der Waals surface area contributed by atoms with Crippen molar-refractivity contribution in [3.63, 3.8) is 0 Å². The molecule has 2 rings (SSSR count). The molecule has 0 spiro atoms. The summed E-state index contributed by atoms with van der Waals surface area (Å²) in [7, 11) is 1.60. The van der Waals surface area contributed by atoms with Crippen LogP contribution in [0.25, 0.3) is 0 Å². The van der Waals surface area contributed by atoms with Gasteiger partial charge >= 0.3 is 0 Å². The smallest absolute Gasteiger partial charge is 0.293 e. The van der Waals surface area contributed by atoms with Crippen LogP contribution in [0.1, 0.15) is 30.6 Å². The van der Waals surface area contributed by atoms with Gasteiger partial charge in [0.05, 0.1) is 18.6 Å². The molecule has 0 aromatic heterocycles. The number of carbonyl (C=O) groups excluding carboxylic acids is 1. The van der Waals surface area contributed by atoms with Gasteiger partial charge in [0.1, 0.15) is 17.2 Å². The molecule has 0 fully saturated rings. The summed E-state index contributed by atoms with van der Waals surface area (Å²) < 4.78 is 10.7. The van der Waals surface area contributed by atoms with Crippen molar-refractivity contribution in [3.8, 4) is 11.5 Å². The van der Waals surface area contributed by atoms with Crippen molar-refractivity contribution < 1.29 is 19.2 Å². The molecular weight excluding hydrogens is 362 g/mol. The minimum atomic E-state index is -0.498. The summed E-state index contributed by atoms with van der Waals surface area (Å²) in [5.41, 5.74) is 0.497. The molecule has 0 atom stereocenters. The van der Waals surface area contributed by atoms with E-state index < -0.39 is 4.92 Å². The van der Waals surface area contributed by atoms with Crippen LogP contribution in [0, 0.1) is 10.1 Å². The minimum Gasteiger partial charge on any atom is -0.497 e. The maximum Gasteiger partial charge on any atom is 0.293 e. The first-order chi connectivity index (χ1) is 13.4. The third-order valence-corrected chi connectivity index (χ3v) is 3.84. The Kier molecular flexibility index (Phi) is 7.62. The molecule has 0 aliphatic carbocycles. The quantitative estimate of drug-likeness (QED) is 0.367. The van der Waals surface area contributed by atoms with Crippen molar-refractivity contribution in [1.82, 2.24) is 5.32 Å². The Bertz CT molecular complexity index is 806. The Morgan fingerprint density at radius 1 is 1.14 bits per heavy atom. The third kappa shape index (κ3) is 6.15. The second-order valence-electron chi connectivity index (χ2n) is 6.42. The van der Waals surface area contributed by atoms with Crippen LogP contribution in [0.2, 0.25) is 0 Å². The normalized spacial score (nSPS) is 10.4. The molecule has 2 N–H and O–H groups in total. The van der Waals surface area contributed by atoms with Gasteiger partial charge in [0.2, 0.25) is 0 Å². The predicted molar refractivity (Wildman–Crippen MR) is 107 cm³/mol. The molecule has 0 aliphatic rings. The highest BCUT2D eigenvalue weighted by Gasteiger charge is 2.17. The monoisotopic (exact) mass is 387 g/mol. The van der Waals surface area contributed by atoms with Crippen molar-refractivity contribution in [3.05, 3.63) is 58.1 Å². The highest BCUT2D eigenvalue weighted by atomic mass is 16.6. The third-order valence-electron chi connectivity index (χ3n) is 3.84. The number of benzene rings is 2. The van der Waals surface area contributed by atoms with Crippen LogP contribution in [-0.2, 0) is 0 Å². The number of ether oxygens (including phenoxy) is 2. The molecule has 2 aromatic rings. The Hall–Kier alpha value is -3.29. The van der Waals surface area contributed by atoms with Gasteiger partial charge in [-0.3, -0.25) is 14.9 Å². The van der Waals surface area contributed by atoms with Crippen LogP contribution in [0.3, 0.4) is 0 Å². The first-order valence-corrected chi connectivity index (χ1v) is 9.00. The van der Waals surface area contributed by atoms with Gasteiger partial charge in [0.25, 0.3) is 11.6 Å². The summed E-state index contributed by atoms with van der Waals surface area (Å²) in [6.45, 7) is 4.61. The van der Waals surface area contributed by atoms with E-state index in [9.17, 15) is 14.9 Å². The molecule has 1 amide bonds. The maximum absolute atomic E-state index is 12.0. The van der Waals surface area contributed by atoms with E-state index in [1.165, 1.54) is 6.07 Å². The SMILES string of the molecule is COc1ccc(OCCCNc2ccc(C(=O)NC(C)C)cc2[N+](=O)[O-])cc1. The average molecular weight is 387 g/mol. The first kappa shape index (κ1) is 21.0. The highest BCUT2D eigenvalue weighted by molar-refractivity contribution is 5.95. The van der Waals surface area contributed by atoms with Crippen molar-refractivity contribution in [1.29, 1.82) is 0 Å². The molecular formula is C20H25N3O5. The Balaban J connectivity index is 1.88. The highest BCUT2D eigenvalue weighted by Crippen LogP contribution is 2.25. The number of amides is 1. The summed E-state index contributed by atoms with van der Waals surface area (Å²) in [6.07, 6.45) is 0.652. The van der Waals surface area contributed by atoms with Crippen LogP contribution < -0.4 is 20.1 Å². The van der Waals surface area contributed by atoms with Gasteiger partial charge in [-0.1, -0.05) is 0 Å². The van der Waals surface area contributed by atoms with Gasteiger partial charge < -0.3 is 20.1 Å². The molecule has 8 nitrogen and oxygen atoms in total. The zero-order valence-corrected chi connectivity index (χ0v) is 16.2. The maximum atomic E-state index is 12.0. The number of hydrogen-bond donors (Lipinski definition) is 2.